The summed E-state index contributed by atoms with van der Waals surface area (Å²) in [5, 5.41) is 2.90. The summed E-state index contributed by atoms with van der Waals surface area (Å²) >= 11 is 0. The van der Waals surface area contributed by atoms with Gasteiger partial charge in [0.15, 0.2) is 6.61 Å². The van der Waals surface area contributed by atoms with E-state index >= 15 is 0 Å². The lowest BCUT2D eigenvalue weighted by Crippen LogP contribution is -2.38. The first-order valence-electron chi connectivity index (χ1n) is 7.21. The Morgan fingerprint density at radius 3 is 2.35 bits per heavy atom. The second-order valence-corrected chi connectivity index (χ2v) is 5.47. The normalized spacial score (nSPS) is 13.9. The van der Waals surface area contributed by atoms with Crippen LogP contribution >= 0.6 is 0 Å². The molecule has 1 aromatic rings. The van der Waals surface area contributed by atoms with E-state index in [4.69, 9.17) is 10.5 Å². The van der Waals surface area contributed by atoms with Crippen molar-refractivity contribution < 1.29 is 9.53 Å². The highest BCUT2D eigenvalue weighted by molar-refractivity contribution is 5.77. The van der Waals surface area contributed by atoms with Crippen LogP contribution in [0.25, 0.3) is 0 Å². The van der Waals surface area contributed by atoms with Gasteiger partial charge in [-0.05, 0) is 37.0 Å². The molecule has 4 heteroatoms. The van der Waals surface area contributed by atoms with Crippen molar-refractivity contribution in [3.8, 4) is 5.75 Å². The summed E-state index contributed by atoms with van der Waals surface area (Å²) < 4.78 is 5.46. The number of carbonyl (C=O) groups is 1. The number of hydrogen-bond donors (Lipinski definition) is 2. The van der Waals surface area contributed by atoms with Crippen molar-refractivity contribution in [3.63, 3.8) is 0 Å². The maximum Gasteiger partial charge on any atom is 0.258 e. The minimum atomic E-state index is -0.0967. The van der Waals surface area contributed by atoms with E-state index in [1.165, 1.54) is 0 Å². The quantitative estimate of drug-likeness (QED) is 0.806. The van der Waals surface area contributed by atoms with Crippen LogP contribution in [-0.4, -0.2) is 18.6 Å². The summed E-state index contributed by atoms with van der Waals surface area (Å²) in [7, 11) is 0. The molecular weight excluding hydrogens is 252 g/mol. The van der Waals surface area contributed by atoms with E-state index in [0.717, 1.165) is 12.0 Å². The Bertz CT molecular complexity index is 415. The first kappa shape index (κ1) is 16.5. The highest BCUT2D eigenvalue weighted by Crippen LogP contribution is 2.18. The van der Waals surface area contributed by atoms with Crippen molar-refractivity contribution in [2.45, 2.75) is 46.2 Å². The van der Waals surface area contributed by atoms with Crippen molar-refractivity contribution in [2.75, 3.05) is 6.61 Å². The molecule has 0 fully saturated rings. The second kappa shape index (κ2) is 7.90. The molecule has 4 nitrogen and oxygen atoms in total. The van der Waals surface area contributed by atoms with E-state index in [2.05, 4.69) is 26.1 Å². The number of nitrogens with one attached hydrogen (secondary N) is 1. The molecule has 2 atom stereocenters. The highest BCUT2D eigenvalue weighted by Gasteiger charge is 2.11. The molecule has 20 heavy (non-hydrogen) atoms. The van der Waals surface area contributed by atoms with E-state index in [1.54, 1.807) is 0 Å². The standard InChI is InChI=1S/C16H26N2O2/c1-5-15(17)13-6-8-14(9-7-13)20-10-16(19)18-12(4)11(2)3/h6-9,11-12,15H,5,10,17H2,1-4H3,(H,18,19)/t12?,15-/m0/s1. The fraction of sp³-hybridized carbons (Fsp3) is 0.562. The zero-order chi connectivity index (χ0) is 15.1. The van der Waals surface area contributed by atoms with E-state index in [0.29, 0.717) is 11.7 Å². The molecule has 0 aliphatic rings. The number of benzene rings is 1. The van der Waals surface area contributed by atoms with E-state index in [9.17, 15) is 4.79 Å². The molecule has 1 unspecified atom stereocenters. The van der Waals surface area contributed by atoms with Gasteiger partial charge in [-0.25, -0.2) is 0 Å². The Balaban J connectivity index is 2.44. The molecule has 0 saturated heterocycles. The first-order chi connectivity index (χ1) is 9.43. The maximum absolute atomic E-state index is 11.7. The molecule has 3 N–H and O–H groups in total. The van der Waals surface area contributed by atoms with Crippen LogP contribution in [-0.2, 0) is 4.79 Å². The Kier molecular flexibility index (Phi) is 6.52. The molecule has 0 radical (unpaired) electrons. The molecule has 0 aromatic heterocycles. The van der Waals surface area contributed by atoms with Crippen LogP contribution < -0.4 is 15.8 Å². The highest BCUT2D eigenvalue weighted by atomic mass is 16.5. The average Bonchev–Trinajstić information content (AvgIpc) is 2.44. The number of ether oxygens (including phenoxy) is 1. The lowest BCUT2D eigenvalue weighted by molar-refractivity contribution is -0.124. The summed E-state index contributed by atoms with van der Waals surface area (Å²) in [4.78, 5) is 11.7. The van der Waals surface area contributed by atoms with E-state index < -0.39 is 0 Å². The predicted octanol–water partition coefficient (Wildman–Crippen LogP) is 2.64. The van der Waals surface area contributed by atoms with Gasteiger partial charge in [0.1, 0.15) is 5.75 Å². The predicted molar refractivity (Wildman–Crippen MR) is 81.6 cm³/mol. The van der Waals surface area contributed by atoms with E-state index in [-0.39, 0.29) is 24.6 Å². The van der Waals surface area contributed by atoms with Gasteiger partial charge in [-0.1, -0.05) is 32.9 Å². The van der Waals surface area contributed by atoms with Gasteiger partial charge in [0.2, 0.25) is 0 Å². The summed E-state index contributed by atoms with van der Waals surface area (Å²) in [6, 6.07) is 7.79. The van der Waals surface area contributed by atoms with Crippen LogP contribution in [0.3, 0.4) is 0 Å². The van der Waals surface area contributed by atoms with Crippen LogP contribution in [0.4, 0.5) is 0 Å². The van der Waals surface area contributed by atoms with Crippen molar-refractivity contribution in [3.05, 3.63) is 29.8 Å². The van der Waals surface area contributed by atoms with Gasteiger partial charge in [-0.2, -0.15) is 0 Å². The Hall–Kier alpha value is -1.55. The number of hydrogen-bond acceptors (Lipinski definition) is 3. The Morgan fingerprint density at radius 2 is 1.85 bits per heavy atom. The molecule has 0 heterocycles. The molecule has 0 aliphatic carbocycles. The summed E-state index contributed by atoms with van der Waals surface area (Å²) in [6.07, 6.45) is 0.899. The topological polar surface area (TPSA) is 64.3 Å². The molecule has 0 bridgehead atoms. The van der Waals surface area contributed by atoms with Gasteiger partial charge in [0.05, 0.1) is 0 Å². The Labute approximate surface area is 121 Å². The fourth-order valence-corrected chi connectivity index (χ4v) is 1.66. The van der Waals surface area contributed by atoms with Gasteiger partial charge >= 0.3 is 0 Å². The molecule has 1 aromatic carbocycles. The fourth-order valence-electron chi connectivity index (χ4n) is 1.66. The third-order valence-corrected chi connectivity index (χ3v) is 3.51. The van der Waals surface area contributed by atoms with Crippen molar-refractivity contribution in [1.29, 1.82) is 0 Å². The second-order valence-electron chi connectivity index (χ2n) is 5.47. The summed E-state index contributed by atoms with van der Waals surface area (Å²) in [5.41, 5.74) is 7.03. The lowest BCUT2D eigenvalue weighted by atomic mass is 10.1. The first-order valence-corrected chi connectivity index (χ1v) is 7.21. The van der Waals surface area contributed by atoms with Crippen LogP contribution in [0.5, 0.6) is 5.75 Å². The smallest absolute Gasteiger partial charge is 0.258 e. The molecular formula is C16H26N2O2. The minimum Gasteiger partial charge on any atom is -0.484 e. The summed E-state index contributed by atoms with van der Waals surface area (Å²) in [6.45, 7) is 8.22. The summed E-state index contributed by atoms with van der Waals surface area (Å²) in [5.74, 6) is 0.999. The van der Waals surface area contributed by atoms with Crippen molar-refractivity contribution in [2.24, 2.45) is 11.7 Å². The van der Waals surface area contributed by atoms with Crippen molar-refractivity contribution >= 4 is 5.91 Å². The number of carbonyl (C=O) groups excluding carboxylic acids is 1. The molecule has 1 amide bonds. The molecule has 112 valence electrons. The Morgan fingerprint density at radius 1 is 1.25 bits per heavy atom. The van der Waals surface area contributed by atoms with Gasteiger partial charge in [0.25, 0.3) is 5.91 Å². The van der Waals surface area contributed by atoms with Crippen molar-refractivity contribution in [1.82, 2.24) is 5.32 Å². The zero-order valence-corrected chi connectivity index (χ0v) is 12.8. The molecule has 1 rings (SSSR count). The van der Waals surface area contributed by atoms with Crippen LogP contribution in [0, 0.1) is 5.92 Å². The SMILES string of the molecule is CC[C@H](N)c1ccc(OCC(=O)NC(C)C(C)C)cc1. The third-order valence-electron chi connectivity index (χ3n) is 3.51. The van der Waals surface area contributed by atoms with Crippen LogP contribution in [0.15, 0.2) is 24.3 Å². The van der Waals surface area contributed by atoms with Gasteiger partial charge in [-0.3, -0.25) is 4.79 Å². The van der Waals surface area contributed by atoms with E-state index in [1.807, 2.05) is 31.2 Å². The van der Waals surface area contributed by atoms with Gasteiger partial charge < -0.3 is 15.8 Å². The minimum absolute atomic E-state index is 0.0379. The molecule has 0 aliphatic heterocycles. The number of amides is 1. The van der Waals surface area contributed by atoms with Crippen LogP contribution in [0.2, 0.25) is 0 Å². The van der Waals surface area contributed by atoms with Crippen LogP contribution in [0.1, 0.15) is 45.7 Å². The third kappa shape index (κ3) is 5.21. The zero-order valence-electron chi connectivity index (χ0n) is 12.8. The average molecular weight is 278 g/mol. The number of rotatable bonds is 7. The molecule has 0 saturated carbocycles. The maximum atomic E-state index is 11.7. The van der Waals surface area contributed by atoms with Gasteiger partial charge in [0, 0.05) is 12.1 Å². The number of nitrogens with two attached hydrogens (primary N) is 1. The monoisotopic (exact) mass is 278 g/mol. The molecule has 0 spiro atoms. The van der Waals surface area contributed by atoms with Gasteiger partial charge in [-0.15, -0.1) is 0 Å². The lowest BCUT2D eigenvalue weighted by Gasteiger charge is -2.17. The largest absolute Gasteiger partial charge is 0.484 e.